The number of aromatic amines is 1. The molecule has 0 aromatic carbocycles. The first-order chi connectivity index (χ1) is 15.3. The van der Waals surface area contributed by atoms with Gasteiger partial charge >= 0.3 is 0 Å². The molecule has 1 aliphatic rings. The van der Waals surface area contributed by atoms with Crippen molar-refractivity contribution in [3.63, 3.8) is 0 Å². The van der Waals surface area contributed by atoms with Crippen molar-refractivity contribution in [2.24, 2.45) is 0 Å². The van der Waals surface area contributed by atoms with Crippen LogP contribution in [-0.4, -0.2) is 70.6 Å². The molecular weight excluding hydrogens is 434 g/mol. The van der Waals surface area contributed by atoms with Gasteiger partial charge in [-0.25, -0.2) is 4.98 Å². The zero-order valence-electron chi connectivity index (χ0n) is 18.0. The van der Waals surface area contributed by atoms with Crippen molar-refractivity contribution < 1.29 is 19.1 Å². The third-order valence-corrected chi connectivity index (χ3v) is 5.85. The maximum atomic E-state index is 13.3. The summed E-state index contributed by atoms with van der Waals surface area (Å²) in [7, 11) is 3.17. The smallest absolute Gasteiger partial charge is 0.268 e. The van der Waals surface area contributed by atoms with Crippen molar-refractivity contribution >= 4 is 34.4 Å². The van der Waals surface area contributed by atoms with Gasteiger partial charge in [0, 0.05) is 43.1 Å². The van der Waals surface area contributed by atoms with E-state index in [0.717, 1.165) is 0 Å². The molecule has 1 fully saturated rings. The van der Waals surface area contributed by atoms with Gasteiger partial charge in [-0.3, -0.25) is 14.6 Å². The predicted octanol–water partition coefficient (Wildman–Crippen LogP) is 2.21. The normalized spacial score (nSPS) is 15.8. The number of pyridine rings is 2. The highest BCUT2D eigenvalue weighted by Gasteiger charge is 2.43. The molecule has 168 valence electrons. The number of H-pyrrole nitrogens is 1. The van der Waals surface area contributed by atoms with E-state index < -0.39 is 11.9 Å². The van der Waals surface area contributed by atoms with Crippen LogP contribution in [0.5, 0.6) is 5.75 Å². The van der Waals surface area contributed by atoms with Crippen LogP contribution in [0.3, 0.4) is 0 Å². The number of rotatable bonds is 7. The lowest BCUT2D eigenvalue weighted by Crippen LogP contribution is -2.66. The Bertz CT molecular complexity index is 1160. The first kappa shape index (κ1) is 22.0. The number of ether oxygens (including phenoxy) is 2. The number of nitrogens with one attached hydrogen (secondary N) is 2. The van der Waals surface area contributed by atoms with Gasteiger partial charge in [0.2, 0.25) is 5.91 Å². The standard InChI is InChI=1S/C22H24ClN5O4/c1-22(32-3)11-28(12-22)21(30)17(8-14-9-24-5-4-18(14)31-2)27-20(29)16-7-13-6-15(23)10-25-19(13)26-16/h4-7,9-10,17H,8,11-12H2,1-3H3,(H,25,26)(H,27,29)/t17-/m1/s1. The minimum absolute atomic E-state index is 0.198. The molecule has 9 nitrogen and oxygen atoms in total. The first-order valence-electron chi connectivity index (χ1n) is 10.1. The summed E-state index contributed by atoms with van der Waals surface area (Å²) < 4.78 is 10.8. The molecule has 3 aromatic heterocycles. The molecule has 2 amide bonds. The Morgan fingerprint density at radius 1 is 1.31 bits per heavy atom. The molecule has 0 aliphatic carbocycles. The number of nitrogens with zero attached hydrogens (tertiary/aromatic N) is 3. The number of halogens is 1. The number of likely N-dealkylation sites (tertiary alicyclic amines) is 1. The van der Waals surface area contributed by atoms with E-state index >= 15 is 0 Å². The fourth-order valence-electron chi connectivity index (χ4n) is 3.80. The van der Waals surface area contributed by atoms with E-state index in [2.05, 4.69) is 20.3 Å². The Morgan fingerprint density at radius 2 is 2.09 bits per heavy atom. The number of methoxy groups -OCH3 is 2. The number of amides is 2. The molecule has 0 radical (unpaired) electrons. The summed E-state index contributed by atoms with van der Waals surface area (Å²) in [6.07, 6.45) is 4.97. The fourth-order valence-corrected chi connectivity index (χ4v) is 3.97. The van der Waals surface area contributed by atoms with Crippen LogP contribution >= 0.6 is 11.6 Å². The number of aromatic nitrogens is 3. The van der Waals surface area contributed by atoms with Crippen molar-refractivity contribution in [3.05, 3.63) is 53.1 Å². The number of hydrogen-bond acceptors (Lipinski definition) is 6. The van der Waals surface area contributed by atoms with E-state index in [4.69, 9.17) is 21.1 Å². The molecule has 0 saturated carbocycles. The molecule has 32 heavy (non-hydrogen) atoms. The third kappa shape index (κ3) is 4.39. The molecule has 0 spiro atoms. The van der Waals surface area contributed by atoms with Crippen LogP contribution in [0.4, 0.5) is 0 Å². The van der Waals surface area contributed by atoms with Crippen LogP contribution < -0.4 is 10.1 Å². The van der Waals surface area contributed by atoms with Crippen molar-refractivity contribution in [1.29, 1.82) is 0 Å². The molecule has 1 aliphatic heterocycles. The molecule has 0 unspecified atom stereocenters. The summed E-state index contributed by atoms with van der Waals surface area (Å²) in [5.41, 5.74) is 1.16. The minimum atomic E-state index is -0.815. The Kier molecular flexibility index (Phi) is 6.03. The molecule has 1 saturated heterocycles. The number of fused-ring (bicyclic) bond motifs is 1. The first-order valence-corrected chi connectivity index (χ1v) is 10.5. The molecule has 1 atom stereocenters. The lowest BCUT2D eigenvalue weighted by molar-refractivity contribution is -0.159. The number of carbonyl (C=O) groups excluding carboxylic acids is 2. The highest BCUT2D eigenvalue weighted by Crippen LogP contribution is 2.26. The lowest BCUT2D eigenvalue weighted by atomic mass is 9.94. The van der Waals surface area contributed by atoms with Gasteiger partial charge in [-0.05, 0) is 25.1 Å². The van der Waals surface area contributed by atoms with Crippen LogP contribution in [0.2, 0.25) is 5.02 Å². The summed E-state index contributed by atoms with van der Waals surface area (Å²) >= 11 is 5.99. The van der Waals surface area contributed by atoms with Gasteiger partial charge in [0.05, 0.1) is 30.8 Å². The van der Waals surface area contributed by atoms with E-state index in [-0.39, 0.29) is 23.6 Å². The highest BCUT2D eigenvalue weighted by molar-refractivity contribution is 6.31. The fraction of sp³-hybridized carbons (Fsp3) is 0.364. The molecule has 4 rings (SSSR count). The molecular formula is C22H24ClN5O4. The second-order valence-electron chi connectivity index (χ2n) is 8.04. The topological polar surface area (TPSA) is 109 Å². The maximum Gasteiger partial charge on any atom is 0.268 e. The highest BCUT2D eigenvalue weighted by atomic mass is 35.5. The van der Waals surface area contributed by atoms with E-state index in [1.54, 1.807) is 49.7 Å². The van der Waals surface area contributed by atoms with E-state index in [0.29, 0.717) is 40.5 Å². The summed E-state index contributed by atoms with van der Waals surface area (Å²) in [6, 6.07) is 4.27. The molecule has 10 heteroatoms. The van der Waals surface area contributed by atoms with E-state index in [1.165, 1.54) is 6.20 Å². The average molecular weight is 458 g/mol. The molecule has 2 N–H and O–H groups in total. The van der Waals surface area contributed by atoms with Gasteiger partial charge < -0.3 is 24.7 Å². The van der Waals surface area contributed by atoms with Crippen molar-refractivity contribution in [3.8, 4) is 5.75 Å². The van der Waals surface area contributed by atoms with Gasteiger partial charge in [-0.15, -0.1) is 0 Å². The van der Waals surface area contributed by atoms with Crippen molar-refractivity contribution in [2.45, 2.75) is 25.0 Å². The third-order valence-electron chi connectivity index (χ3n) is 5.64. The Labute approximate surface area is 190 Å². The lowest BCUT2D eigenvalue weighted by Gasteiger charge is -2.47. The summed E-state index contributed by atoms with van der Waals surface area (Å²) in [6.45, 7) is 2.85. The SMILES string of the molecule is COc1ccncc1C[C@@H](NC(=O)c1cc2cc(Cl)cnc2[nH]1)C(=O)N1CC(C)(OC)C1. The Morgan fingerprint density at radius 3 is 2.81 bits per heavy atom. The zero-order valence-corrected chi connectivity index (χ0v) is 18.8. The molecule has 0 bridgehead atoms. The average Bonchev–Trinajstić information content (AvgIpc) is 3.19. The van der Waals surface area contributed by atoms with Crippen LogP contribution in [0.1, 0.15) is 23.0 Å². The Hall–Kier alpha value is -3.17. The second-order valence-corrected chi connectivity index (χ2v) is 8.48. The monoisotopic (exact) mass is 457 g/mol. The zero-order chi connectivity index (χ0) is 22.9. The van der Waals surface area contributed by atoms with Gasteiger partial charge in [0.1, 0.15) is 23.1 Å². The summed E-state index contributed by atoms with van der Waals surface area (Å²) in [5, 5.41) is 4.03. The van der Waals surface area contributed by atoms with Gasteiger partial charge in [0.25, 0.3) is 5.91 Å². The largest absolute Gasteiger partial charge is 0.496 e. The van der Waals surface area contributed by atoms with Crippen molar-refractivity contribution in [2.75, 3.05) is 27.3 Å². The van der Waals surface area contributed by atoms with Crippen LogP contribution in [-0.2, 0) is 16.0 Å². The minimum Gasteiger partial charge on any atom is -0.496 e. The van der Waals surface area contributed by atoms with Crippen LogP contribution in [0.25, 0.3) is 11.0 Å². The summed E-state index contributed by atoms with van der Waals surface area (Å²) in [4.78, 5) is 39.3. The van der Waals surface area contributed by atoms with Gasteiger partial charge in [0.15, 0.2) is 0 Å². The van der Waals surface area contributed by atoms with E-state index in [9.17, 15) is 9.59 Å². The summed E-state index contributed by atoms with van der Waals surface area (Å²) in [5.74, 6) is -0.0201. The Balaban J connectivity index is 1.57. The molecule has 3 aromatic rings. The molecule has 4 heterocycles. The maximum absolute atomic E-state index is 13.3. The van der Waals surface area contributed by atoms with Crippen LogP contribution in [0, 0.1) is 0 Å². The van der Waals surface area contributed by atoms with E-state index in [1.807, 2.05) is 6.92 Å². The van der Waals surface area contributed by atoms with Crippen LogP contribution in [0.15, 0.2) is 36.8 Å². The quantitative estimate of drug-likeness (QED) is 0.563. The number of hydrogen-bond donors (Lipinski definition) is 2. The predicted molar refractivity (Wildman–Crippen MR) is 119 cm³/mol. The van der Waals surface area contributed by atoms with Crippen molar-refractivity contribution in [1.82, 2.24) is 25.2 Å². The van der Waals surface area contributed by atoms with Gasteiger partial charge in [-0.1, -0.05) is 11.6 Å². The second kappa shape index (κ2) is 8.76. The number of carbonyl (C=O) groups is 2. The van der Waals surface area contributed by atoms with Gasteiger partial charge in [-0.2, -0.15) is 0 Å².